The molecule has 25 heavy (non-hydrogen) atoms. The van der Waals surface area contributed by atoms with Crippen molar-refractivity contribution in [3.63, 3.8) is 0 Å². The number of amides is 1. The molecule has 0 spiro atoms. The van der Waals surface area contributed by atoms with Gasteiger partial charge in [0.1, 0.15) is 5.75 Å². The smallest absolute Gasteiger partial charge is 0.244 e. The lowest BCUT2D eigenvalue weighted by atomic mass is 9.97. The number of imidazole rings is 1. The summed E-state index contributed by atoms with van der Waals surface area (Å²) in [6.45, 7) is 1.19. The molecular weight excluding hydrogens is 358 g/mol. The highest BCUT2D eigenvalue weighted by molar-refractivity contribution is 7.15. The normalized spacial score (nSPS) is 16.8. The van der Waals surface area contributed by atoms with Crippen LogP contribution in [0.25, 0.3) is 11.0 Å². The number of carbonyl (C=O) groups is 1. The van der Waals surface area contributed by atoms with E-state index in [9.17, 15) is 4.79 Å². The first kappa shape index (κ1) is 16.2. The molecule has 1 aromatic carbocycles. The number of rotatable bonds is 4. The van der Waals surface area contributed by atoms with Gasteiger partial charge in [0, 0.05) is 30.1 Å². The number of fused-ring (bicyclic) bond motifs is 2. The first-order valence-corrected chi connectivity index (χ1v) is 9.24. The Morgan fingerprint density at radius 2 is 2.36 bits per heavy atom. The van der Waals surface area contributed by atoms with E-state index in [1.807, 2.05) is 34.2 Å². The van der Waals surface area contributed by atoms with Crippen molar-refractivity contribution < 1.29 is 9.53 Å². The molecule has 1 unspecified atom stereocenters. The molecule has 4 rings (SSSR count). The predicted octanol–water partition coefficient (Wildman–Crippen LogP) is 3.43. The molecule has 1 amide bonds. The van der Waals surface area contributed by atoms with Gasteiger partial charge in [-0.1, -0.05) is 29.8 Å². The lowest BCUT2D eigenvalue weighted by Gasteiger charge is -2.25. The van der Waals surface area contributed by atoms with Crippen molar-refractivity contribution in [2.24, 2.45) is 5.92 Å². The SMILES string of the molecule is O=C(C=Cc1c(Cl)nc2sccn12)NCC1COc2ccccc2C1. The number of halogens is 1. The van der Waals surface area contributed by atoms with Crippen molar-refractivity contribution in [3.8, 4) is 5.75 Å². The lowest BCUT2D eigenvalue weighted by Crippen LogP contribution is -2.33. The Kier molecular flexibility index (Phi) is 4.46. The van der Waals surface area contributed by atoms with Gasteiger partial charge in [-0.05, 0) is 24.1 Å². The minimum atomic E-state index is -0.153. The van der Waals surface area contributed by atoms with Crippen molar-refractivity contribution in [2.75, 3.05) is 13.2 Å². The van der Waals surface area contributed by atoms with Gasteiger partial charge in [-0.3, -0.25) is 9.20 Å². The minimum Gasteiger partial charge on any atom is -0.493 e. The number of hydrogen-bond acceptors (Lipinski definition) is 4. The summed E-state index contributed by atoms with van der Waals surface area (Å²) in [5.41, 5.74) is 1.90. The molecule has 0 saturated carbocycles. The van der Waals surface area contributed by atoms with Crippen LogP contribution in [0.4, 0.5) is 0 Å². The van der Waals surface area contributed by atoms with Crippen molar-refractivity contribution in [2.45, 2.75) is 6.42 Å². The van der Waals surface area contributed by atoms with Crippen LogP contribution in [0, 0.1) is 5.92 Å². The van der Waals surface area contributed by atoms with E-state index in [1.165, 1.54) is 23.0 Å². The highest BCUT2D eigenvalue weighted by Crippen LogP contribution is 2.26. The second-order valence-electron chi connectivity index (χ2n) is 5.91. The van der Waals surface area contributed by atoms with E-state index in [4.69, 9.17) is 16.3 Å². The maximum Gasteiger partial charge on any atom is 0.244 e. The van der Waals surface area contributed by atoms with Crippen LogP contribution in [0.1, 0.15) is 11.3 Å². The summed E-state index contributed by atoms with van der Waals surface area (Å²) in [4.78, 5) is 17.2. The number of hydrogen-bond donors (Lipinski definition) is 1. The Hall–Kier alpha value is -2.31. The molecular formula is C18H16ClN3O2S. The Morgan fingerprint density at radius 1 is 1.48 bits per heavy atom. The molecule has 0 fully saturated rings. The number of carbonyl (C=O) groups excluding carboxylic acids is 1. The Morgan fingerprint density at radius 3 is 3.28 bits per heavy atom. The molecule has 1 aliphatic rings. The van der Waals surface area contributed by atoms with E-state index < -0.39 is 0 Å². The van der Waals surface area contributed by atoms with E-state index in [0.29, 0.717) is 24.0 Å². The number of benzene rings is 1. The summed E-state index contributed by atoms with van der Waals surface area (Å²) in [7, 11) is 0. The molecule has 3 heterocycles. The van der Waals surface area contributed by atoms with Crippen LogP contribution in [0.3, 0.4) is 0 Å². The van der Waals surface area contributed by atoms with Crippen LogP contribution < -0.4 is 10.1 Å². The largest absolute Gasteiger partial charge is 0.493 e. The average molecular weight is 374 g/mol. The number of aromatic nitrogens is 2. The molecule has 5 nitrogen and oxygen atoms in total. The third-order valence-electron chi connectivity index (χ3n) is 4.17. The van der Waals surface area contributed by atoms with Gasteiger partial charge in [0.25, 0.3) is 0 Å². The molecule has 1 atom stereocenters. The standard InChI is InChI=1S/C18H16ClN3O2S/c19-17-14(22-7-8-25-18(22)21-17)5-6-16(23)20-10-12-9-13-3-1-2-4-15(13)24-11-12/h1-8,12H,9-11H2,(H,20,23). The fourth-order valence-corrected chi connectivity index (χ4v) is 3.91. The molecule has 3 aromatic rings. The summed E-state index contributed by atoms with van der Waals surface area (Å²) < 4.78 is 7.61. The van der Waals surface area contributed by atoms with Crippen LogP contribution >= 0.6 is 22.9 Å². The van der Waals surface area contributed by atoms with Gasteiger partial charge in [-0.15, -0.1) is 11.3 Å². The fourth-order valence-electron chi connectivity index (χ4n) is 2.91. The third-order valence-corrected chi connectivity index (χ3v) is 5.20. The summed E-state index contributed by atoms with van der Waals surface area (Å²) >= 11 is 7.61. The lowest BCUT2D eigenvalue weighted by molar-refractivity contribution is -0.116. The summed E-state index contributed by atoms with van der Waals surface area (Å²) in [6.07, 6.45) is 5.97. The van der Waals surface area contributed by atoms with Crippen LogP contribution in [-0.2, 0) is 11.2 Å². The third kappa shape index (κ3) is 3.41. The fraction of sp³-hybridized carbons (Fsp3) is 0.222. The van der Waals surface area contributed by atoms with Crippen LogP contribution in [0.2, 0.25) is 5.15 Å². The molecule has 128 valence electrons. The Bertz CT molecular complexity index is 947. The summed E-state index contributed by atoms with van der Waals surface area (Å²) in [5, 5.41) is 5.26. The van der Waals surface area contributed by atoms with E-state index in [1.54, 1.807) is 6.08 Å². The number of para-hydroxylation sites is 1. The van der Waals surface area contributed by atoms with Crippen molar-refractivity contribution in [1.82, 2.24) is 14.7 Å². The van der Waals surface area contributed by atoms with E-state index in [-0.39, 0.29) is 11.8 Å². The van der Waals surface area contributed by atoms with Gasteiger partial charge < -0.3 is 10.1 Å². The second kappa shape index (κ2) is 6.90. The molecule has 0 bridgehead atoms. The maximum atomic E-state index is 12.1. The molecule has 0 radical (unpaired) electrons. The van der Waals surface area contributed by atoms with Crippen molar-refractivity contribution in [1.29, 1.82) is 0 Å². The molecule has 0 aliphatic carbocycles. The van der Waals surface area contributed by atoms with Crippen molar-refractivity contribution >= 4 is 39.9 Å². The van der Waals surface area contributed by atoms with Gasteiger partial charge in [0.05, 0.1) is 12.3 Å². The molecule has 1 N–H and O–H groups in total. The van der Waals surface area contributed by atoms with Crippen molar-refractivity contribution in [3.05, 3.63) is 58.3 Å². The zero-order chi connectivity index (χ0) is 17.2. The summed E-state index contributed by atoms with van der Waals surface area (Å²) in [6, 6.07) is 8.02. The molecule has 7 heteroatoms. The highest BCUT2D eigenvalue weighted by atomic mass is 35.5. The van der Waals surface area contributed by atoms with E-state index in [0.717, 1.165) is 17.1 Å². The van der Waals surface area contributed by atoms with Crippen LogP contribution in [0.15, 0.2) is 41.9 Å². The first-order chi connectivity index (χ1) is 12.2. The summed E-state index contributed by atoms with van der Waals surface area (Å²) in [5.74, 6) is 1.06. The van der Waals surface area contributed by atoms with E-state index >= 15 is 0 Å². The molecule has 0 saturated heterocycles. The average Bonchev–Trinajstić information content (AvgIpc) is 3.18. The van der Waals surface area contributed by atoms with E-state index in [2.05, 4.69) is 16.4 Å². The zero-order valence-corrected chi connectivity index (χ0v) is 14.9. The Labute approximate surface area is 153 Å². The van der Waals surface area contributed by atoms with Gasteiger partial charge >= 0.3 is 0 Å². The first-order valence-electron chi connectivity index (χ1n) is 7.98. The zero-order valence-electron chi connectivity index (χ0n) is 13.3. The number of ether oxygens (including phenoxy) is 1. The monoisotopic (exact) mass is 373 g/mol. The Balaban J connectivity index is 1.35. The minimum absolute atomic E-state index is 0.153. The van der Waals surface area contributed by atoms with Gasteiger partial charge in [0.2, 0.25) is 5.91 Å². The van der Waals surface area contributed by atoms with Crippen LogP contribution in [0.5, 0.6) is 5.75 Å². The second-order valence-corrected chi connectivity index (χ2v) is 7.14. The van der Waals surface area contributed by atoms with Gasteiger partial charge in [-0.2, -0.15) is 0 Å². The van der Waals surface area contributed by atoms with Crippen LogP contribution in [-0.4, -0.2) is 28.4 Å². The number of nitrogens with zero attached hydrogens (tertiary/aromatic N) is 2. The topological polar surface area (TPSA) is 55.6 Å². The number of thiazole rings is 1. The molecule has 2 aromatic heterocycles. The maximum absolute atomic E-state index is 12.1. The highest BCUT2D eigenvalue weighted by Gasteiger charge is 2.19. The number of nitrogens with one attached hydrogen (secondary N) is 1. The predicted molar refractivity (Wildman–Crippen MR) is 99.3 cm³/mol. The molecule has 1 aliphatic heterocycles. The van der Waals surface area contributed by atoms with Gasteiger partial charge in [-0.25, -0.2) is 4.98 Å². The van der Waals surface area contributed by atoms with Gasteiger partial charge in [0.15, 0.2) is 10.1 Å². The quantitative estimate of drug-likeness (QED) is 0.713.